The maximum absolute atomic E-state index is 13.3. The molecule has 0 atom stereocenters. The Labute approximate surface area is 172 Å². The molecule has 2 aromatic heterocycles. The second-order valence-corrected chi connectivity index (χ2v) is 6.61. The molecule has 0 fully saturated rings. The van der Waals surface area contributed by atoms with Crippen LogP contribution in [0.4, 0.5) is 10.1 Å². The first kappa shape index (κ1) is 19.3. The molecule has 2 heterocycles. The lowest BCUT2D eigenvalue weighted by Gasteiger charge is -2.08. The Morgan fingerprint density at radius 1 is 1.03 bits per heavy atom. The molecule has 4 rings (SSSR count). The topological polar surface area (TPSA) is 81.9 Å². The average Bonchev–Trinajstić information content (AvgIpc) is 3.08. The van der Waals surface area contributed by atoms with Crippen molar-refractivity contribution in [3.63, 3.8) is 0 Å². The van der Waals surface area contributed by atoms with E-state index < -0.39 is 11.7 Å². The van der Waals surface area contributed by atoms with Gasteiger partial charge in [-0.15, -0.1) is 10.2 Å². The van der Waals surface area contributed by atoms with Gasteiger partial charge in [-0.1, -0.05) is 6.07 Å². The minimum absolute atomic E-state index is 0.244. The number of anilines is 1. The predicted octanol–water partition coefficient (Wildman–Crippen LogP) is 4.46. The van der Waals surface area contributed by atoms with Gasteiger partial charge in [0.2, 0.25) is 5.88 Å². The third kappa shape index (κ3) is 4.17. The number of benzene rings is 2. The number of hydrogen-bond donors (Lipinski definition) is 1. The zero-order chi connectivity index (χ0) is 21.1. The number of halogens is 1. The van der Waals surface area contributed by atoms with Crippen LogP contribution in [-0.4, -0.2) is 25.7 Å². The fraction of sp³-hybridized carbons (Fsp3) is 0.0909. The summed E-state index contributed by atoms with van der Waals surface area (Å²) in [6.07, 6.45) is 1.70. The Kier molecular flexibility index (Phi) is 5.21. The molecule has 1 N–H and O–H groups in total. The Balaban J connectivity index is 1.41. The number of nitrogens with one attached hydrogen (secondary N) is 1. The third-order valence-electron chi connectivity index (χ3n) is 4.55. The Morgan fingerprint density at radius 2 is 1.83 bits per heavy atom. The summed E-state index contributed by atoms with van der Waals surface area (Å²) < 4.78 is 20.8. The van der Waals surface area contributed by atoms with Crippen LogP contribution in [-0.2, 0) is 0 Å². The molecule has 2 aromatic carbocycles. The second kappa shape index (κ2) is 8.12. The molecule has 0 saturated carbocycles. The summed E-state index contributed by atoms with van der Waals surface area (Å²) in [4.78, 5) is 16.4. The van der Waals surface area contributed by atoms with Gasteiger partial charge in [0, 0.05) is 23.0 Å². The number of carbonyl (C=O) groups excluding carboxylic acids is 1. The zero-order valence-corrected chi connectivity index (χ0v) is 16.3. The molecule has 0 radical (unpaired) electrons. The fourth-order valence-electron chi connectivity index (χ4n) is 2.79. The normalized spacial score (nSPS) is 10.6. The first-order chi connectivity index (χ1) is 14.5. The molecule has 0 aliphatic heterocycles. The van der Waals surface area contributed by atoms with E-state index >= 15 is 0 Å². The van der Waals surface area contributed by atoms with Gasteiger partial charge in [-0.25, -0.2) is 9.37 Å². The smallest absolute Gasteiger partial charge is 0.255 e. The summed E-state index contributed by atoms with van der Waals surface area (Å²) >= 11 is 0. The van der Waals surface area contributed by atoms with Gasteiger partial charge < -0.3 is 10.1 Å². The molecular formula is C22H18FN5O2. The molecule has 0 aliphatic rings. The van der Waals surface area contributed by atoms with Gasteiger partial charge in [-0.2, -0.15) is 0 Å². The van der Waals surface area contributed by atoms with Gasteiger partial charge in [0.1, 0.15) is 17.9 Å². The Morgan fingerprint density at radius 3 is 2.47 bits per heavy atom. The number of ether oxygens (including phenoxy) is 1. The Hall–Kier alpha value is -4.07. The van der Waals surface area contributed by atoms with E-state index in [1.165, 1.54) is 18.2 Å². The van der Waals surface area contributed by atoms with Gasteiger partial charge in [-0.3, -0.25) is 9.36 Å². The molecule has 30 heavy (non-hydrogen) atoms. The SMILES string of the molecule is Cc1ncn(-c2ccc(Oc3ccc(NC(=O)c4cccc(F)c4)cc3)nn2)c1C. The quantitative estimate of drug-likeness (QED) is 0.532. The summed E-state index contributed by atoms with van der Waals surface area (Å²) in [6, 6.07) is 15.8. The van der Waals surface area contributed by atoms with Gasteiger partial charge in [0.05, 0.1) is 5.69 Å². The van der Waals surface area contributed by atoms with E-state index in [4.69, 9.17) is 4.74 Å². The molecule has 0 bridgehead atoms. The van der Waals surface area contributed by atoms with Crippen LogP contribution in [0.5, 0.6) is 11.6 Å². The second-order valence-electron chi connectivity index (χ2n) is 6.61. The molecular weight excluding hydrogens is 385 g/mol. The molecule has 150 valence electrons. The van der Waals surface area contributed by atoms with Crippen molar-refractivity contribution in [1.82, 2.24) is 19.7 Å². The summed E-state index contributed by atoms with van der Waals surface area (Å²) in [5.74, 6) is 0.669. The maximum atomic E-state index is 13.3. The highest BCUT2D eigenvalue weighted by Gasteiger charge is 2.09. The lowest BCUT2D eigenvalue weighted by Crippen LogP contribution is -2.11. The van der Waals surface area contributed by atoms with Crippen molar-refractivity contribution < 1.29 is 13.9 Å². The first-order valence-electron chi connectivity index (χ1n) is 9.19. The molecule has 4 aromatic rings. The fourth-order valence-corrected chi connectivity index (χ4v) is 2.79. The summed E-state index contributed by atoms with van der Waals surface area (Å²) in [7, 11) is 0. The van der Waals surface area contributed by atoms with Crippen molar-refractivity contribution in [2.75, 3.05) is 5.32 Å². The first-order valence-corrected chi connectivity index (χ1v) is 9.19. The zero-order valence-electron chi connectivity index (χ0n) is 16.3. The van der Waals surface area contributed by atoms with Crippen LogP contribution in [0.3, 0.4) is 0 Å². The number of carbonyl (C=O) groups is 1. The third-order valence-corrected chi connectivity index (χ3v) is 4.55. The van der Waals surface area contributed by atoms with E-state index in [1.807, 2.05) is 18.4 Å². The number of rotatable bonds is 5. The highest BCUT2D eigenvalue weighted by atomic mass is 19.1. The highest BCUT2D eigenvalue weighted by Crippen LogP contribution is 2.22. The maximum Gasteiger partial charge on any atom is 0.255 e. The molecule has 8 heteroatoms. The summed E-state index contributed by atoms with van der Waals surface area (Å²) in [5, 5.41) is 11.0. The van der Waals surface area contributed by atoms with Crippen molar-refractivity contribution in [3.8, 4) is 17.4 Å². The number of amides is 1. The van der Waals surface area contributed by atoms with E-state index in [1.54, 1.807) is 48.8 Å². The van der Waals surface area contributed by atoms with Crippen molar-refractivity contribution in [1.29, 1.82) is 0 Å². The van der Waals surface area contributed by atoms with Crippen LogP contribution < -0.4 is 10.1 Å². The van der Waals surface area contributed by atoms with Gasteiger partial charge in [-0.05, 0) is 62.4 Å². The van der Waals surface area contributed by atoms with Gasteiger partial charge >= 0.3 is 0 Å². The lowest BCUT2D eigenvalue weighted by molar-refractivity contribution is 0.102. The molecule has 7 nitrogen and oxygen atoms in total. The summed E-state index contributed by atoms with van der Waals surface area (Å²) in [5.41, 5.74) is 2.73. The van der Waals surface area contributed by atoms with Gasteiger partial charge in [0.15, 0.2) is 5.82 Å². The van der Waals surface area contributed by atoms with Crippen LogP contribution in [0.2, 0.25) is 0 Å². The van der Waals surface area contributed by atoms with Crippen LogP contribution in [0.1, 0.15) is 21.7 Å². The number of imidazole rings is 1. The van der Waals surface area contributed by atoms with Crippen LogP contribution in [0.25, 0.3) is 5.82 Å². The average molecular weight is 403 g/mol. The van der Waals surface area contributed by atoms with Gasteiger partial charge in [0.25, 0.3) is 5.91 Å². The molecule has 1 amide bonds. The molecule has 0 unspecified atom stereocenters. The minimum atomic E-state index is -0.461. The minimum Gasteiger partial charge on any atom is -0.438 e. The van der Waals surface area contributed by atoms with Crippen molar-refractivity contribution in [3.05, 3.63) is 89.8 Å². The van der Waals surface area contributed by atoms with Crippen molar-refractivity contribution >= 4 is 11.6 Å². The lowest BCUT2D eigenvalue weighted by atomic mass is 10.2. The van der Waals surface area contributed by atoms with Crippen LogP contribution in [0, 0.1) is 19.7 Å². The van der Waals surface area contributed by atoms with E-state index in [2.05, 4.69) is 20.5 Å². The monoisotopic (exact) mass is 403 g/mol. The number of aromatic nitrogens is 4. The number of aryl methyl sites for hydroxylation is 1. The van der Waals surface area contributed by atoms with E-state index in [-0.39, 0.29) is 5.56 Å². The summed E-state index contributed by atoms with van der Waals surface area (Å²) in [6.45, 7) is 3.89. The highest BCUT2D eigenvalue weighted by molar-refractivity contribution is 6.04. The largest absolute Gasteiger partial charge is 0.438 e. The number of nitrogens with zero attached hydrogens (tertiary/aromatic N) is 4. The van der Waals surface area contributed by atoms with E-state index in [9.17, 15) is 9.18 Å². The van der Waals surface area contributed by atoms with Crippen molar-refractivity contribution in [2.24, 2.45) is 0 Å². The standard InChI is InChI=1S/C22H18FN5O2/c1-14-15(2)28(13-24-14)20-10-11-21(27-26-20)30-19-8-6-18(7-9-19)25-22(29)16-4-3-5-17(23)12-16/h3-13H,1-2H3,(H,25,29). The van der Waals surface area contributed by atoms with Crippen LogP contribution in [0.15, 0.2) is 67.0 Å². The van der Waals surface area contributed by atoms with Crippen molar-refractivity contribution in [2.45, 2.75) is 13.8 Å². The van der Waals surface area contributed by atoms with E-state index in [0.29, 0.717) is 23.1 Å². The molecule has 0 aliphatic carbocycles. The van der Waals surface area contributed by atoms with E-state index in [0.717, 1.165) is 11.4 Å². The Bertz CT molecular complexity index is 1190. The molecule has 0 spiro atoms. The molecule has 0 saturated heterocycles. The van der Waals surface area contributed by atoms with Crippen LogP contribution >= 0.6 is 0 Å². The predicted molar refractivity (Wildman–Crippen MR) is 109 cm³/mol. The number of hydrogen-bond acceptors (Lipinski definition) is 5.